The van der Waals surface area contributed by atoms with Crippen LogP contribution < -0.4 is 0 Å². The van der Waals surface area contributed by atoms with E-state index in [2.05, 4.69) is 0 Å². The molecular formula is C12H22O10. The Morgan fingerprint density at radius 3 is 0.773 bits per heavy atom. The number of hydrogen-bond acceptors (Lipinski definition) is 6. The number of hydrogen-bond donors (Lipinski definition) is 6. The summed E-state index contributed by atoms with van der Waals surface area (Å²) in [7, 11) is 0. The molecule has 0 radical (unpaired) electrons. The van der Waals surface area contributed by atoms with Crippen LogP contribution >= 0.6 is 0 Å². The summed E-state index contributed by atoms with van der Waals surface area (Å²) in [4.78, 5) is 39.2. The first-order chi connectivity index (χ1) is 10.2. The normalized spacial score (nSPS) is 8.64. The van der Waals surface area contributed by atoms with E-state index in [1.54, 1.807) is 0 Å². The Morgan fingerprint density at radius 1 is 0.500 bits per heavy atom. The van der Waals surface area contributed by atoms with Crippen LogP contribution in [0.15, 0.2) is 0 Å². The maximum atomic E-state index is 9.79. The van der Waals surface area contributed by atoms with Crippen LogP contribution in [0.5, 0.6) is 0 Å². The molecule has 0 aromatic heterocycles. The zero-order chi connectivity index (χ0) is 18.0. The highest BCUT2D eigenvalue weighted by atomic mass is 16.4. The van der Waals surface area contributed by atoms with Gasteiger partial charge in [-0.05, 0) is 12.8 Å². The molecule has 0 aliphatic carbocycles. The molecule has 10 nitrogen and oxygen atoms in total. The summed E-state index contributed by atoms with van der Waals surface area (Å²) < 4.78 is 0. The predicted molar refractivity (Wildman–Crippen MR) is 72.4 cm³/mol. The molecule has 0 saturated heterocycles. The van der Waals surface area contributed by atoms with Crippen LogP contribution in [0.1, 0.15) is 38.5 Å². The third-order valence-electron chi connectivity index (χ3n) is 1.66. The second-order valence-corrected chi connectivity index (χ2v) is 3.73. The first-order valence-electron chi connectivity index (χ1n) is 6.26. The monoisotopic (exact) mass is 326 g/mol. The average Bonchev–Trinajstić information content (AvgIpc) is 2.38. The van der Waals surface area contributed by atoms with Gasteiger partial charge in [-0.25, -0.2) is 0 Å². The molecule has 22 heavy (non-hydrogen) atoms. The fraction of sp³-hybridized carbons (Fsp3) is 0.667. The highest BCUT2D eigenvalue weighted by Gasteiger charge is 2.00. The minimum absolute atomic E-state index is 0.0632. The van der Waals surface area contributed by atoms with Crippen molar-refractivity contribution in [3.05, 3.63) is 0 Å². The number of carbonyl (C=O) groups is 4. The zero-order valence-electron chi connectivity index (χ0n) is 12.0. The third-order valence-corrected chi connectivity index (χ3v) is 1.66. The van der Waals surface area contributed by atoms with Gasteiger partial charge in [0.05, 0.1) is 13.2 Å². The SMILES string of the molecule is O=C(O)CCCC(=O)O.O=C(O)CCCC(=O)O.OCCO. The van der Waals surface area contributed by atoms with Crippen LogP contribution in [0.4, 0.5) is 0 Å². The molecule has 0 saturated carbocycles. The van der Waals surface area contributed by atoms with Crippen molar-refractivity contribution in [3.63, 3.8) is 0 Å². The van der Waals surface area contributed by atoms with Gasteiger partial charge >= 0.3 is 23.9 Å². The molecule has 0 atom stereocenters. The first-order valence-corrected chi connectivity index (χ1v) is 6.26. The molecule has 6 N–H and O–H groups in total. The number of aliphatic carboxylic acids is 4. The van der Waals surface area contributed by atoms with E-state index in [0.717, 1.165) is 0 Å². The van der Waals surface area contributed by atoms with E-state index in [-0.39, 0.29) is 51.7 Å². The summed E-state index contributed by atoms with van der Waals surface area (Å²) in [6.45, 7) is -0.250. The van der Waals surface area contributed by atoms with E-state index in [9.17, 15) is 19.2 Å². The quantitative estimate of drug-likeness (QED) is 0.325. The lowest BCUT2D eigenvalue weighted by atomic mass is 10.2. The predicted octanol–water partition coefficient (Wildman–Crippen LogP) is -0.377. The van der Waals surface area contributed by atoms with Crippen LogP contribution in [-0.4, -0.2) is 67.7 Å². The van der Waals surface area contributed by atoms with E-state index >= 15 is 0 Å². The van der Waals surface area contributed by atoms with Crippen LogP contribution in [0.25, 0.3) is 0 Å². The number of rotatable bonds is 9. The molecule has 0 spiro atoms. The van der Waals surface area contributed by atoms with E-state index in [1.807, 2.05) is 0 Å². The van der Waals surface area contributed by atoms with Crippen LogP contribution in [0.2, 0.25) is 0 Å². The van der Waals surface area contributed by atoms with Gasteiger partial charge < -0.3 is 30.6 Å². The highest BCUT2D eigenvalue weighted by Crippen LogP contribution is 1.94. The summed E-state index contributed by atoms with van der Waals surface area (Å²) in [6, 6.07) is 0. The van der Waals surface area contributed by atoms with Gasteiger partial charge in [0, 0.05) is 25.7 Å². The van der Waals surface area contributed by atoms with Gasteiger partial charge in [-0.3, -0.25) is 19.2 Å². The van der Waals surface area contributed by atoms with Crippen molar-refractivity contribution in [1.29, 1.82) is 0 Å². The summed E-state index contributed by atoms with van der Waals surface area (Å²) in [5.41, 5.74) is 0. The van der Waals surface area contributed by atoms with E-state index < -0.39 is 23.9 Å². The Kier molecular flexibility index (Phi) is 21.2. The Hall–Kier alpha value is -2.20. The molecule has 130 valence electrons. The molecule has 10 heteroatoms. The number of carboxylic acid groups (broad SMARTS) is 4. The van der Waals surface area contributed by atoms with Crippen LogP contribution in [-0.2, 0) is 19.2 Å². The van der Waals surface area contributed by atoms with Gasteiger partial charge in [0.2, 0.25) is 0 Å². The lowest BCUT2D eigenvalue weighted by Crippen LogP contribution is -1.98. The molecule has 0 aromatic carbocycles. The summed E-state index contributed by atoms with van der Waals surface area (Å²) >= 11 is 0. The lowest BCUT2D eigenvalue weighted by Gasteiger charge is -1.89. The van der Waals surface area contributed by atoms with E-state index in [1.165, 1.54) is 0 Å². The molecule has 0 unspecified atom stereocenters. The van der Waals surface area contributed by atoms with Crippen LogP contribution in [0, 0.1) is 0 Å². The summed E-state index contributed by atoms with van der Waals surface area (Å²) in [6.07, 6.45) is 0.173. The largest absolute Gasteiger partial charge is 0.481 e. The standard InChI is InChI=1S/2C5H8O4.C2H6O2/c2*6-4(7)2-1-3-5(8)9;3-1-2-4/h2*1-3H2,(H,6,7)(H,8,9);3-4H,1-2H2. The van der Waals surface area contributed by atoms with Crippen molar-refractivity contribution in [3.8, 4) is 0 Å². The molecule has 0 aliphatic rings. The van der Waals surface area contributed by atoms with Crippen molar-refractivity contribution in [2.45, 2.75) is 38.5 Å². The second kappa shape index (κ2) is 18.8. The molecule has 0 aliphatic heterocycles. The molecule has 0 aromatic rings. The Labute approximate surface area is 126 Å². The fourth-order valence-electron chi connectivity index (χ4n) is 0.782. The van der Waals surface area contributed by atoms with E-state index in [0.29, 0.717) is 0 Å². The maximum absolute atomic E-state index is 9.79. The van der Waals surface area contributed by atoms with Crippen LogP contribution in [0.3, 0.4) is 0 Å². The van der Waals surface area contributed by atoms with Gasteiger partial charge in [-0.1, -0.05) is 0 Å². The number of carboxylic acids is 4. The fourth-order valence-corrected chi connectivity index (χ4v) is 0.782. The smallest absolute Gasteiger partial charge is 0.303 e. The molecule has 0 heterocycles. The van der Waals surface area contributed by atoms with Crippen molar-refractivity contribution in [1.82, 2.24) is 0 Å². The molecular weight excluding hydrogens is 304 g/mol. The average molecular weight is 326 g/mol. The highest BCUT2D eigenvalue weighted by molar-refractivity contribution is 5.70. The topological polar surface area (TPSA) is 190 Å². The molecule has 0 fully saturated rings. The van der Waals surface area contributed by atoms with Gasteiger partial charge in [-0.2, -0.15) is 0 Å². The molecule has 0 bridgehead atoms. The maximum Gasteiger partial charge on any atom is 0.303 e. The Bertz CT molecular complexity index is 266. The second-order valence-electron chi connectivity index (χ2n) is 3.73. The summed E-state index contributed by atoms with van der Waals surface area (Å²) in [5.74, 6) is -3.79. The van der Waals surface area contributed by atoms with Crippen molar-refractivity contribution in [2.75, 3.05) is 13.2 Å². The van der Waals surface area contributed by atoms with Gasteiger partial charge in [0.25, 0.3) is 0 Å². The van der Waals surface area contributed by atoms with Crippen molar-refractivity contribution in [2.24, 2.45) is 0 Å². The minimum Gasteiger partial charge on any atom is -0.481 e. The number of aliphatic hydroxyl groups excluding tert-OH is 2. The molecule has 0 amide bonds. The first kappa shape index (κ1) is 24.8. The lowest BCUT2D eigenvalue weighted by molar-refractivity contribution is -0.140. The summed E-state index contributed by atoms with van der Waals surface area (Å²) in [5, 5.41) is 47.4. The van der Waals surface area contributed by atoms with Crippen molar-refractivity contribution < 1.29 is 49.8 Å². The van der Waals surface area contributed by atoms with Gasteiger partial charge in [0.15, 0.2) is 0 Å². The Balaban J connectivity index is -0.000000266. The molecule has 0 rings (SSSR count). The van der Waals surface area contributed by atoms with Gasteiger partial charge in [0.1, 0.15) is 0 Å². The van der Waals surface area contributed by atoms with E-state index in [4.69, 9.17) is 30.6 Å². The van der Waals surface area contributed by atoms with Gasteiger partial charge in [-0.15, -0.1) is 0 Å². The third kappa shape index (κ3) is 43.1. The number of aliphatic hydroxyl groups is 2. The Morgan fingerprint density at radius 2 is 0.682 bits per heavy atom. The minimum atomic E-state index is -0.948. The zero-order valence-corrected chi connectivity index (χ0v) is 12.0. The van der Waals surface area contributed by atoms with Crippen molar-refractivity contribution >= 4 is 23.9 Å².